The number of likely N-dealkylation sites (tertiary alicyclic amines) is 1. The molecule has 0 bridgehead atoms. The monoisotopic (exact) mass is 298 g/mol. The van der Waals surface area contributed by atoms with Crippen molar-refractivity contribution in [1.82, 2.24) is 10.2 Å². The van der Waals surface area contributed by atoms with E-state index in [1.165, 1.54) is 32.1 Å². The van der Waals surface area contributed by atoms with Crippen LogP contribution in [-0.4, -0.2) is 42.3 Å². The summed E-state index contributed by atoms with van der Waals surface area (Å²) < 4.78 is 5.53. The summed E-state index contributed by atoms with van der Waals surface area (Å²) >= 11 is 0. The van der Waals surface area contributed by atoms with Gasteiger partial charge in [-0.3, -0.25) is 0 Å². The van der Waals surface area contributed by atoms with Crippen LogP contribution in [0.5, 0.6) is 0 Å². The number of hydrogen-bond donors (Lipinski definition) is 1. The van der Waals surface area contributed by atoms with Crippen LogP contribution in [-0.2, 0) is 4.74 Å². The van der Waals surface area contributed by atoms with Gasteiger partial charge in [-0.15, -0.1) is 0 Å². The topological polar surface area (TPSA) is 41.6 Å². The fraction of sp³-hybridized carbons (Fsp3) is 0.941. The molecule has 0 saturated carbocycles. The van der Waals surface area contributed by atoms with Crippen molar-refractivity contribution in [3.8, 4) is 0 Å². The van der Waals surface area contributed by atoms with Gasteiger partial charge in [0.05, 0.1) is 0 Å². The summed E-state index contributed by atoms with van der Waals surface area (Å²) in [5.41, 5.74) is -0.410. The molecule has 0 aromatic heterocycles. The van der Waals surface area contributed by atoms with E-state index in [1.54, 1.807) is 0 Å². The lowest BCUT2D eigenvalue weighted by atomic mass is 10.0. The summed E-state index contributed by atoms with van der Waals surface area (Å²) in [6.45, 7) is 10.8. The third-order valence-corrected chi connectivity index (χ3v) is 3.84. The lowest BCUT2D eigenvalue weighted by Gasteiger charge is -2.37. The van der Waals surface area contributed by atoms with Crippen molar-refractivity contribution in [2.75, 3.05) is 19.6 Å². The molecule has 1 amide bonds. The van der Waals surface area contributed by atoms with E-state index in [0.717, 1.165) is 32.5 Å². The molecule has 1 aliphatic rings. The molecule has 124 valence electrons. The first-order chi connectivity index (χ1) is 9.94. The number of nitrogens with zero attached hydrogens (tertiary/aromatic N) is 1. The van der Waals surface area contributed by atoms with Gasteiger partial charge < -0.3 is 15.0 Å². The predicted molar refractivity (Wildman–Crippen MR) is 87.6 cm³/mol. The highest BCUT2D eigenvalue weighted by molar-refractivity contribution is 5.68. The third kappa shape index (κ3) is 7.70. The van der Waals surface area contributed by atoms with Crippen LogP contribution in [0.25, 0.3) is 0 Å². The van der Waals surface area contributed by atoms with Crippen LogP contribution in [0.2, 0.25) is 0 Å². The Balaban J connectivity index is 2.33. The second-order valence-corrected chi connectivity index (χ2v) is 7.09. The average Bonchev–Trinajstić information content (AvgIpc) is 2.41. The highest BCUT2D eigenvalue weighted by atomic mass is 16.6. The molecule has 1 saturated heterocycles. The molecule has 1 unspecified atom stereocenters. The largest absolute Gasteiger partial charge is 0.444 e. The molecular formula is C17H34N2O2. The van der Waals surface area contributed by atoms with E-state index in [4.69, 9.17) is 4.74 Å². The second kappa shape index (κ2) is 9.29. The SMILES string of the molecule is CCCCCCNCC1CCCCN1C(=O)OC(C)(C)C. The molecule has 1 atom stereocenters. The smallest absolute Gasteiger partial charge is 0.410 e. The van der Waals surface area contributed by atoms with Gasteiger partial charge in [0.2, 0.25) is 0 Å². The number of rotatable bonds is 7. The van der Waals surface area contributed by atoms with Crippen molar-refractivity contribution in [3.05, 3.63) is 0 Å². The minimum Gasteiger partial charge on any atom is -0.444 e. The first-order valence-electron chi connectivity index (χ1n) is 8.64. The summed E-state index contributed by atoms with van der Waals surface area (Å²) in [6.07, 6.45) is 8.34. The van der Waals surface area contributed by atoms with E-state index >= 15 is 0 Å². The summed E-state index contributed by atoms with van der Waals surface area (Å²) in [7, 11) is 0. The minimum atomic E-state index is -0.410. The van der Waals surface area contributed by atoms with E-state index in [0.29, 0.717) is 6.04 Å². The summed E-state index contributed by atoms with van der Waals surface area (Å²) in [6, 6.07) is 0.291. The molecule has 0 radical (unpaired) electrons. The quantitative estimate of drug-likeness (QED) is 0.724. The van der Waals surface area contributed by atoms with Crippen LogP contribution in [0.1, 0.15) is 72.6 Å². The van der Waals surface area contributed by atoms with Gasteiger partial charge in [-0.25, -0.2) is 4.79 Å². The fourth-order valence-electron chi connectivity index (χ4n) is 2.72. The number of carbonyl (C=O) groups excluding carboxylic acids is 1. The number of amides is 1. The normalized spacial score (nSPS) is 19.6. The van der Waals surface area contributed by atoms with Crippen molar-refractivity contribution in [2.24, 2.45) is 0 Å². The predicted octanol–water partition coefficient (Wildman–Crippen LogP) is 3.95. The molecular weight excluding hydrogens is 264 g/mol. The Morgan fingerprint density at radius 3 is 2.67 bits per heavy atom. The Kier molecular flexibility index (Phi) is 8.09. The molecule has 1 rings (SSSR count). The zero-order valence-corrected chi connectivity index (χ0v) is 14.4. The van der Waals surface area contributed by atoms with Gasteiger partial charge in [0.25, 0.3) is 0 Å². The maximum atomic E-state index is 12.3. The number of unbranched alkanes of at least 4 members (excludes halogenated alkanes) is 3. The van der Waals surface area contributed by atoms with Crippen LogP contribution in [0, 0.1) is 0 Å². The van der Waals surface area contributed by atoms with Gasteiger partial charge in [-0.1, -0.05) is 26.2 Å². The molecule has 1 aliphatic heterocycles. The second-order valence-electron chi connectivity index (χ2n) is 7.09. The van der Waals surface area contributed by atoms with Gasteiger partial charge >= 0.3 is 6.09 Å². The molecule has 0 aromatic rings. The van der Waals surface area contributed by atoms with Crippen molar-refractivity contribution in [1.29, 1.82) is 0 Å². The van der Waals surface area contributed by atoms with Crippen LogP contribution >= 0.6 is 0 Å². The molecule has 1 fully saturated rings. The number of piperidine rings is 1. The lowest BCUT2D eigenvalue weighted by molar-refractivity contribution is 0.00997. The number of nitrogens with one attached hydrogen (secondary N) is 1. The first-order valence-corrected chi connectivity index (χ1v) is 8.64. The summed E-state index contributed by atoms with van der Waals surface area (Å²) in [5, 5.41) is 3.51. The van der Waals surface area contributed by atoms with Crippen LogP contribution < -0.4 is 5.32 Å². The maximum absolute atomic E-state index is 12.3. The van der Waals surface area contributed by atoms with Gasteiger partial charge in [-0.05, 0) is 53.0 Å². The molecule has 21 heavy (non-hydrogen) atoms. The molecule has 4 nitrogen and oxygen atoms in total. The zero-order chi connectivity index (χ0) is 15.7. The highest BCUT2D eigenvalue weighted by Crippen LogP contribution is 2.20. The number of carbonyl (C=O) groups is 1. The molecule has 4 heteroatoms. The maximum Gasteiger partial charge on any atom is 0.410 e. The molecule has 0 aliphatic carbocycles. The lowest BCUT2D eigenvalue weighted by Crippen LogP contribution is -2.50. The van der Waals surface area contributed by atoms with Crippen molar-refractivity contribution >= 4 is 6.09 Å². The Morgan fingerprint density at radius 1 is 1.24 bits per heavy atom. The van der Waals surface area contributed by atoms with Crippen molar-refractivity contribution in [3.63, 3.8) is 0 Å². The number of ether oxygens (including phenoxy) is 1. The Hall–Kier alpha value is -0.770. The van der Waals surface area contributed by atoms with Gasteiger partial charge in [0.1, 0.15) is 5.60 Å². The third-order valence-electron chi connectivity index (χ3n) is 3.84. The van der Waals surface area contributed by atoms with Crippen LogP contribution in [0.3, 0.4) is 0 Å². The van der Waals surface area contributed by atoms with Crippen molar-refractivity contribution < 1.29 is 9.53 Å². The fourth-order valence-corrected chi connectivity index (χ4v) is 2.72. The van der Waals surface area contributed by atoms with Gasteiger partial charge in [-0.2, -0.15) is 0 Å². The minimum absolute atomic E-state index is 0.153. The van der Waals surface area contributed by atoms with Gasteiger partial charge in [0, 0.05) is 19.1 Å². The standard InChI is InChI=1S/C17H34N2O2/c1-5-6-7-9-12-18-14-15-11-8-10-13-19(15)16(20)21-17(2,3)4/h15,18H,5-14H2,1-4H3. The van der Waals surface area contributed by atoms with Crippen LogP contribution in [0.15, 0.2) is 0 Å². The van der Waals surface area contributed by atoms with Gasteiger partial charge in [0.15, 0.2) is 0 Å². The average molecular weight is 298 g/mol. The Labute approximate surface area is 130 Å². The van der Waals surface area contributed by atoms with E-state index in [-0.39, 0.29) is 6.09 Å². The van der Waals surface area contributed by atoms with E-state index in [2.05, 4.69) is 12.2 Å². The molecule has 1 heterocycles. The van der Waals surface area contributed by atoms with E-state index < -0.39 is 5.60 Å². The zero-order valence-electron chi connectivity index (χ0n) is 14.4. The van der Waals surface area contributed by atoms with E-state index in [1.807, 2.05) is 25.7 Å². The molecule has 0 aromatic carbocycles. The van der Waals surface area contributed by atoms with E-state index in [9.17, 15) is 4.79 Å². The summed E-state index contributed by atoms with van der Waals surface area (Å²) in [5.74, 6) is 0. The Morgan fingerprint density at radius 2 is 2.00 bits per heavy atom. The summed E-state index contributed by atoms with van der Waals surface area (Å²) in [4.78, 5) is 14.2. The molecule has 1 N–H and O–H groups in total. The van der Waals surface area contributed by atoms with Crippen molar-refractivity contribution in [2.45, 2.75) is 84.3 Å². The molecule has 0 spiro atoms. The number of hydrogen-bond acceptors (Lipinski definition) is 3. The van der Waals surface area contributed by atoms with Crippen LogP contribution in [0.4, 0.5) is 4.79 Å². The highest BCUT2D eigenvalue weighted by Gasteiger charge is 2.29. The Bertz CT molecular complexity index is 300. The first kappa shape index (κ1) is 18.3.